The number of hydrogen-bond donors (Lipinski definition) is 1. The lowest BCUT2D eigenvalue weighted by molar-refractivity contribution is -0.0856. The van der Waals surface area contributed by atoms with E-state index in [1.54, 1.807) is 0 Å². The summed E-state index contributed by atoms with van der Waals surface area (Å²) in [6.07, 6.45) is 6.49. The third-order valence-corrected chi connectivity index (χ3v) is 5.91. The van der Waals surface area contributed by atoms with Crippen molar-refractivity contribution in [1.82, 2.24) is 5.32 Å². The summed E-state index contributed by atoms with van der Waals surface area (Å²) in [4.78, 5) is 0. The van der Waals surface area contributed by atoms with Crippen LogP contribution in [-0.4, -0.2) is 36.3 Å². The molecule has 2 heterocycles. The van der Waals surface area contributed by atoms with E-state index >= 15 is 0 Å². The van der Waals surface area contributed by atoms with Crippen LogP contribution < -0.4 is 5.32 Å². The predicted octanol–water partition coefficient (Wildman–Crippen LogP) is 3.70. The first-order valence-corrected chi connectivity index (χ1v) is 9.26. The molecule has 1 spiro atoms. The Bertz CT molecular complexity index is 263. The van der Waals surface area contributed by atoms with Crippen LogP contribution in [0.1, 0.15) is 52.9 Å². The van der Waals surface area contributed by atoms with Crippen molar-refractivity contribution < 1.29 is 4.74 Å². The van der Waals surface area contributed by atoms with Gasteiger partial charge in [0.15, 0.2) is 0 Å². The van der Waals surface area contributed by atoms with Crippen molar-refractivity contribution in [2.45, 2.75) is 64.5 Å². The van der Waals surface area contributed by atoms with E-state index in [0.717, 1.165) is 25.0 Å². The summed E-state index contributed by atoms with van der Waals surface area (Å²) < 4.78 is 6.16. The first kappa shape index (κ1) is 15.7. The predicted molar refractivity (Wildman–Crippen MR) is 84.9 cm³/mol. The lowest BCUT2D eigenvalue weighted by atomic mass is 9.79. The highest BCUT2D eigenvalue weighted by Crippen LogP contribution is 2.41. The van der Waals surface area contributed by atoms with Crippen LogP contribution in [0.5, 0.6) is 0 Å². The van der Waals surface area contributed by atoms with Crippen molar-refractivity contribution in [3.63, 3.8) is 0 Å². The van der Waals surface area contributed by atoms with Crippen molar-refractivity contribution in [3.8, 4) is 0 Å². The summed E-state index contributed by atoms with van der Waals surface area (Å²) in [7, 11) is 0. The standard InChI is InChI=1S/C16H31NOS/c1-4-17-15(6-5-13(2)3)14-7-9-18-16(11-14)8-10-19-12-16/h13-15,17H,4-12H2,1-3H3. The molecule has 0 aromatic rings. The number of ether oxygens (including phenoxy) is 1. The van der Waals surface area contributed by atoms with Crippen LogP contribution in [-0.2, 0) is 4.74 Å². The van der Waals surface area contributed by atoms with Crippen LogP contribution in [0, 0.1) is 11.8 Å². The van der Waals surface area contributed by atoms with E-state index in [0.29, 0.717) is 6.04 Å². The Morgan fingerprint density at radius 3 is 2.84 bits per heavy atom. The Morgan fingerprint density at radius 1 is 1.37 bits per heavy atom. The van der Waals surface area contributed by atoms with Crippen molar-refractivity contribution in [1.29, 1.82) is 0 Å². The smallest absolute Gasteiger partial charge is 0.0783 e. The molecular weight excluding hydrogens is 254 g/mol. The lowest BCUT2D eigenvalue weighted by Crippen LogP contribution is -2.47. The molecular formula is C16H31NOS. The Morgan fingerprint density at radius 2 is 2.21 bits per heavy atom. The van der Waals surface area contributed by atoms with E-state index in [1.807, 2.05) is 0 Å². The molecule has 0 aromatic carbocycles. The van der Waals surface area contributed by atoms with Crippen molar-refractivity contribution in [3.05, 3.63) is 0 Å². The van der Waals surface area contributed by atoms with Gasteiger partial charge in [-0.2, -0.15) is 11.8 Å². The van der Waals surface area contributed by atoms with Gasteiger partial charge in [0, 0.05) is 18.4 Å². The quantitative estimate of drug-likeness (QED) is 0.804. The summed E-state index contributed by atoms with van der Waals surface area (Å²) in [6, 6.07) is 0.707. The molecule has 0 aromatic heterocycles. The van der Waals surface area contributed by atoms with Gasteiger partial charge in [0.25, 0.3) is 0 Å². The van der Waals surface area contributed by atoms with Crippen molar-refractivity contribution in [2.24, 2.45) is 11.8 Å². The molecule has 3 atom stereocenters. The summed E-state index contributed by atoms with van der Waals surface area (Å²) in [5.41, 5.74) is 0.235. The molecule has 2 fully saturated rings. The maximum Gasteiger partial charge on any atom is 0.0783 e. The van der Waals surface area contributed by atoms with Gasteiger partial charge in [-0.15, -0.1) is 0 Å². The first-order valence-electron chi connectivity index (χ1n) is 8.10. The lowest BCUT2D eigenvalue weighted by Gasteiger charge is -2.41. The van der Waals surface area contributed by atoms with Gasteiger partial charge in [-0.1, -0.05) is 20.8 Å². The minimum Gasteiger partial charge on any atom is -0.374 e. The topological polar surface area (TPSA) is 21.3 Å². The Kier molecular flexibility index (Phi) is 6.04. The van der Waals surface area contributed by atoms with E-state index in [1.165, 1.54) is 43.6 Å². The van der Waals surface area contributed by atoms with Crippen LogP contribution >= 0.6 is 11.8 Å². The average molecular weight is 285 g/mol. The largest absolute Gasteiger partial charge is 0.374 e. The molecule has 19 heavy (non-hydrogen) atoms. The molecule has 0 bridgehead atoms. The van der Waals surface area contributed by atoms with Gasteiger partial charge in [0.1, 0.15) is 0 Å². The molecule has 0 amide bonds. The maximum absolute atomic E-state index is 6.16. The first-order chi connectivity index (χ1) is 9.15. The Balaban J connectivity index is 1.91. The zero-order chi connectivity index (χ0) is 13.7. The number of hydrogen-bond acceptors (Lipinski definition) is 3. The fourth-order valence-corrected chi connectivity index (χ4v) is 4.93. The molecule has 3 unspecified atom stereocenters. The Labute approximate surface area is 123 Å². The Hall–Kier alpha value is 0.270. The minimum absolute atomic E-state index is 0.235. The fourth-order valence-electron chi connectivity index (χ4n) is 3.55. The van der Waals surface area contributed by atoms with Gasteiger partial charge in [-0.3, -0.25) is 0 Å². The van der Waals surface area contributed by atoms with Gasteiger partial charge in [-0.25, -0.2) is 0 Å². The van der Waals surface area contributed by atoms with Gasteiger partial charge in [0.2, 0.25) is 0 Å². The second-order valence-corrected chi connectivity index (χ2v) is 7.83. The minimum atomic E-state index is 0.235. The highest BCUT2D eigenvalue weighted by Gasteiger charge is 2.42. The van der Waals surface area contributed by atoms with Crippen LogP contribution in [0.2, 0.25) is 0 Å². The van der Waals surface area contributed by atoms with E-state index in [2.05, 4.69) is 37.8 Å². The van der Waals surface area contributed by atoms with Gasteiger partial charge >= 0.3 is 0 Å². The summed E-state index contributed by atoms with van der Waals surface area (Å²) in [5, 5.41) is 3.75. The second-order valence-electron chi connectivity index (χ2n) is 6.72. The third kappa shape index (κ3) is 4.37. The third-order valence-electron chi connectivity index (χ3n) is 4.69. The number of rotatable bonds is 6. The van der Waals surface area contributed by atoms with Crippen LogP contribution in [0.3, 0.4) is 0 Å². The molecule has 0 saturated carbocycles. The monoisotopic (exact) mass is 285 g/mol. The molecule has 0 radical (unpaired) electrons. The molecule has 1 N–H and O–H groups in total. The average Bonchev–Trinajstić information content (AvgIpc) is 2.82. The zero-order valence-corrected chi connectivity index (χ0v) is 13.7. The number of nitrogens with one attached hydrogen (secondary N) is 1. The number of thioether (sulfide) groups is 1. The van der Waals surface area contributed by atoms with Crippen molar-refractivity contribution in [2.75, 3.05) is 24.7 Å². The highest BCUT2D eigenvalue weighted by molar-refractivity contribution is 7.99. The van der Waals surface area contributed by atoms with Crippen LogP contribution in [0.25, 0.3) is 0 Å². The molecule has 2 nitrogen and oxygen atoms in total. The van der Waals surface area contributed by atoms with Gasteiger partial charge < -0.3 is 10.1 Å². The molecule has 2 aliphatic heterocycles. The van der Waals surface area contributed by atoms with Crippen LogP contribution in [0.15, 0.2) is 0 Å². The van der Waals surface area contributed by atoms with E-state index in [9.17, 15) is 0 Å². The second kappa shape index (κ2) is 7.33. The van der Waals surface area contributed by atoms with E-state index in [4.69, 9.17) is 4.74 Å². The molecule has 112 valence electrons. The van der Waals surface area contributed by atoms with Gasteiger partial charge in [0.05, 0.1) is 5.60 Å². The normalized spacial score (nSPS) is 33.2. The van der Waals surface area contributed by atoms with Crippen LogP contribution in [0.4, 0.5) is 0 Å². The summed E-state index contributed by atoms with van der Waals surface area (Å²) >= 11 is 2.08. The summed E-state index contributed by atoms with van der Waals surface area (Å²) in [6.45, 7) is 8.99. The fraction of sp³-hybridized carbons (Fsp3) is 1.00. The summed E-state index contributed by atoms with van der Waals surface area (Å²) in [5.74, 6) is 4.17. The highest BCUT2D eigenvalue weighted by atomic mass is 32.2. The van der Waals surface area contributed by atoms with E-state index < -0.39 is 0 Å². The molecule has 0 aliphatic carbocycles. The molecule has 2 aliphatic rings. The van der Waals surface area contributed by atoms with E-state index in [-0.39, 0.29) is 5.60 Å². The molecule has 3 heteroatoms. The molecule has 2 rings (SSSR count). The maximum atomic E-state index is 6.16. The van der Waals surface area contributed by atoms with Crippen molar-refractivity contribution >= 4 is 11.8 Å². The van der Waals surface area contributed by atoms with Gasteiger partial charge in [-0.05, 0) is 56.2 Å². The SMILES string of the molecule is CCNC(CCC(C)C)C1CCOC2(CCSC2)C1. The zero-order valence-electron chi connectivity index (χ0n) is 12.9. The molecule has 2 saturated heterocycles.